The quantitative estimate of drug-likeness (QED) is 0.319. The van der Waals surface area contributed by atoms with Crippen molar-refractivity contribution in [2.45, 2.75) is 52.1 Å². The number of guanidine groups is 1. The molecule has 7 heteroatoms. The molecule has 1 saturated heterocycles. The van der Waals surface area contributed by atoms with Crippen LogP contribution in [0.5, 0.6) is 5.75 Å². The summed E-state index contributed by atoms with van der Waals surface area (Å²) in [5.41, 5.74) is 1.13. The zero-order valence-electron chi connectivity index (χ0n) is 17.6. The zero-order chi connectivity index (χ0) is 19.6. The number of hydrogen-bond acceptors (Lipinski definition) is 3. The number of benzene rings is 1. The number of nitrogens with one attached hydrogen (secondary N) is 1. The molecule has 1 aromatic rings. The Morgan fingerprint density at radius 2 is 2.11 bits per heavy atom. The van der Waals surface area contributed by atoms with Gasteiger partial charge < -0.3 is 19.9 Å². The maximum absolute atomic E-state index is 12.0. The van der Waals surface area contributed by atoms with Crippen molar-refractivity contribution in [2.75, 3.05) is 33.8 Å². The van der Waals surface area contributed by atoms with E-state index in [-0.39, 0.29) is 24.0 Å². The zero-order valence-corrected chi connectivity index (χ0v) is 19.9. The summed E-state index contributed by atoms with van der Waals surface area (Å²) >= 11 is 0. The third-order valence-electron chi connectivity index (χ3n) is 5.04. The minimum absolute atomic E-state index is 0. The Kier molecular flexibility index (Phi) is 11.3. The smallest absolute Gasteiger partial charge is 0.222 e. The van der Waals surface area contributed by atoms with Gasteiger partial charge in [0.1, 0.15) is 5.75 Å². The lowest BCUT2D eigenvalue weighted by molar-refractivity contribution is -0.129. The molecule has 1 amide bonds. The predicted octanol–water partition coefficient (Wildman–Crippen LogP) is 3.50. The molecule has 28 heavy (non-hydrogen) atoms. The molecule has 0 saturated carbocycles. The SMILES string of the molecule is CCNC(=NCCC(CC)N1CCCC1=O)N(C)Cc1ccccc1OC.I. The lowest BCUT2D eigenvalue weighted by atomic mass is 10.1. The number of amides is 1. The van der Waals surface area contributed by atoms with Crippen LogP contribution in [0, 0.1) is 0 Å². The number of halogens is 1. The molecule has 1 fully saturated rings. The topological polar surface area (TPSA) is 57.2 Å². The van der Waals surface area contributed by atoms with Crippen molar-refractivity contribution < 1.29 is 9.53 Å². The fraction of sp³-hybridized carbons (Fsp3) is 0.619. The molecule has 1 unspecified atom stereocenters. The van der Waals surface area contributed by atoms with E-state index in [2.05, 4.69) is 30.1 Å². The Morgan fingerprint density at radius 3 is 2.71 bits per heavy atom. The van der Waals surface area contributed by atoms with Crippen LogP contribution in [-0.4, -0.2) is 61.5 Å². The molecule has 158 valence electrons. The van der Waals surface area contributed by atoms with Crippen molar-refractivity contribution in [3.05, 3.63) is 29.8 Å². The van der Waals surface area contributed by atoms with Crippen LogP contribution in [0.4, 0.5) is 0 Å². The number of aliphatic imine (C=N–C) groups is 1. The van der Waals surface area contributed by atoms with Crippen LogP contribution in [0.15, 0.2) is 29.3 Å². The van der Waals surface area contributed by atoms with Crippen LogP contribution in [0.1, 0.15) is 45.1 Å². The molecule has 0 bridgehead atoms. The highest BCUT2D eigenvalue weighted by molar-refractivity contribution is 14.0. The average molecular weight is 502 g/mol. The third kappa shape index (κ3) is 6.83. The van der Waals surface area contributed by atoms with Gasteiger partial charge in [0.15, 0.2) is 5.96 Å². The number of likely N-dealkylation sites (tertiary alicyclic amines) is 1. The third-order valence-corrected chi connectivity index (χ3v) is 5.04. The molecule has 0 spiro atoms. The monoisotopic (exact) mass is 502 g/mol. The second-order valence-electron chi connectivity index (χ2n) is 6.94. The summed E-state index contributed by atoms with van der Waals surface area (Å²) < 4.78 is 5.46. The van der Waals surface area contributed by atoms with Crippen LogP contribution in [-0.2, 0) is 11.3 Å². The van der Waals surface area contributed by atoms with E-state index in [1.807, 2.05) is 30.1 Å². The van der Waals surface area contributed by atoms with Crippen LogP contribution < -0.4 is 10.1 Å². The molecule has 1 heterocycles. The second-order valence-corrected chi connectivity index (χ2v) is 6.94. The van der Waals surface area contributed by atoms with Gasteiger partial charge in [0.2, 0.25) is 5.91 Å². The van der Waals surface area contributed by atoms with E-state index in [1.54, 1.807) is 7.11 Å². The Hall–Kier alpha value is -1.51. The molecule has 0 aromatic heterocycles. The van der Waals surface area contributed by atoms with E-state index in [4.69, 9.17) is 9.73 Å². The standard InChI is InChI=1S/C21H34N4O2.HI/c1-5-18(25-15-9-12-20(25)26)13-14-23-21(22-6-2)24(3)16-17-10-7-8-11-19(17)27-4;/h7-8,10-11,18H,5-6,9,12-16H2,1-4H3,(H,22,23);1H. The van der Waals surface area contributed by atoms with E-state index in [1.165, 1.54) is 0 Å². The number of para-hydroxylation sites is 1. The molecule has 1 aromatic carbocycles. The largest absolute Gasteiger partial charge is 0.496 e. The molecule has 2 rings (SSSR count). The Labute approximate surface area is 186 Å². The second kappa shape index (κ2) is 12.9. The molecule has 1 atom stereocenters. The summed E-state index contributed by atoms with van der Waals surface area (Å²) in [5, 5.41) is 3.36. The highest BCUT2D eigenvalue weighted by Gasteiger charge is 2.26. The number of carbonyl (C=O) groups excluding carboxylic acids is 1. The predicted molar refractivity (Wildman–Crippen MR) is 125 cm³/mol. The highest BCUT2D eigenvalue weighted by atomic mass is 127. The summed E-state index contributed by atoms with van der Waals surface area (Å²) in [7, 11) is 3.73. The number of ether oxygens (including phenoxy) is 1. The van der Waals surface area contributed by atoms with E-state index >= 15 is 0 Å². The Balaban J connectivity index is 0.00000392. The summed E-state index contributed by atoms with van der Waals surface area (Å²) in [6.45, 7) is 7.37. The van der Waals surface area contributed by atoms with Crippen molar-refractivity contribution in [2.24, 2.45) is 4.99 Å². The number of carbonyl (C=O) groups is 1. The van der Waals surface area contributed by atoms with Crippen molar-refractivity contribution in [3.8, 4) is 5.75 Å². The molecule has 0 aliphatic carbocycles. The van der Waals surface area contributed by atoms with E-state index in [0.29, 0.717) is 24.9 Å². The van der Waals surface area contributed by atoms with Gasteiger partial charge >= 0.3 is 0 Å². The first-order valence-corrected chi connectivity index (χ1v) is 10.0. The van der Waals surface area contributed by atoms with Crippen molar-refractivity contribution >= 4 is 35.8 Å². The first-order valence-electron chi connectivity index (χ1n) is 10.0. The minimum atomic E-state index is 0. The highest BCUT2D eigenvalue weighted by Crippen LogP contribution is 2.19. The number of hydrogen-bond donors (Lipinski definition) is 1. The first kappa shape index (κ1) is 24.5. The van der Waals surface area contributed by atoms with E-state index in [0.717, 1.165) is 56.2 Å². The van der Waals surface area contributed by atoms with Gasteiger partial charge in [-0.1, -0.05) is 25.1 Å². The van der Waals surface area contributed by atoms with Crippen LogP contribution in [0.3, 0.4) is 0 Å². The lowest BCUT2D eigenvalue weighted by Crippen LogP contribution is -2.39. The van der Waals surface area contributed by atoms with E-state index in [9.17, 15) is 4.79 Å². The van der Waals surface area contributed by atoms with Gasteiger partial charge in [0.25, 0.3) is 0 Å². The minimum Gasteiger partial charge on any atom is -0.496 e. The van der Waals surface area contributed by atoms with E-state index < -0.39 is 0 Å². The van der Waals surface area contributed by atoms with Gasteiger partial charge in [-0.15, -0.1) is 24.0 Å². The van der Waals surface area contributed by atoms with Gasteiger partial charge in [-0.2, -0.15) is 0 Å². The fourth-order valence-electron chi connectivity index (χ4n) is 3.59. The maximum Gasteiger partial charge on any atom is 0.222 e. The molecule has 1 N–H and O–H groups in total. The number of nitrogens with zero attached hydrogens (tertiary/aromatic N) is 3. The summed E-state index contributed by atoms with van der Waals surface area (Å²) in [4.78, 5) is 21.0. The van der Waals surface area contributed by atoms with Gasteiger partial charge in [-0.05, 0) is 32.3 Å². The van der Waals surface area contributed by atoms with Crippen molar-refractivity contribution in [3.63, 3.8) is 0 Å². The Morgan fingerprint density at radius 1 is 1.36 bits per heavy atom. The van der Waals surface area contributed by atoms with Gasteiger partial charge in [-0.25, -0.2) is 0 Å². The van der Waals surface area contributed by atoms with Crippen molar-refractivity contribution in [1.29, 1.82) is 0 Å². The van der Waals surface area contributed by atoms with Crippen LogP contribution in [0.2, 0.25) is 0 Å². The maximum atomic E-state index is 12.0. The van der Waals surface area contributed by atoms with Gasteiger partial charge in [0.05, 0.1) is 7.11 Å². The summed E-state index contributed by atoms with van der Waals surface area (Å²) in [5.74, 6) is 2.07. The Bertz CT molecular complexity index is 639. The van der Waals surface area contributed by atoms with Gasteiger partial charge in [-0.3, -0.25) is 9.79 Å². The molecule has 1 aliphatic rings. The summed E-state index contributed by atoms with van der Waals surface area (Å²) in [6, 6.07) is 8.35. The molecule has 1 aliphatic heterocycles. The molecule has 6 nitrogen and oxygen atoms in total. The first-order chi connectivity index (χ1) is 13.1. The number of rotatable bonds is 9. The van der Waals surface area contributed by atoms with Crippen LogP contribution >= 0.6 is 24.0 Å². The molecular weight excluding hydrogens is 467 g/mol. The van der Waals surface area contributed by atoms with Crippen LogP contribution in [0.25, 0.3) is 0 Å². The fourth-order valence-corrected chi connectivity index (χ4v) is 3.59. The van der Waals surface area contributed by atoms with Gasteiger partial charge in [0, 0.05) is 51.3 Å². The lowest BCUT2D eigenvalue weighted by Gasteiger charge is -2.27. The summed E-state index contributed by atoms with van der Waals surface area (Å²) in [6.07, 6.45) is 3.57. The molecular formula is C21H35IN4O2. The number of methoxy groups -OCH3 is 1. The average Bonchev–Trinajstić information content (AvgIpc) is 3.10. The molecule has 0 radical (unpaired) electrons. The van der Waals surface area contributed by atoms with Crippen molar-refractivity contribution in [1.82, 2.24) is 15.1 Å². The normalized spacial score (nSPS) is 15.2.